The molecule has 0 saturated heterocycles. The van der Waals surface area contributed by atoms with Crippen molar-refractivity contribution in [2.24, 2.45) is 0 Å². The van der Waals surface area contributed by atoms with Crippen LogP contribution in [0.4, 0.5) is 23.1 Å². The second kappa shape index (κ2) is 7.68. The van der Waals surface area contributed by atoms with Gasteiger partial charge < -0.3 is 10.6 Å². The first kappa shape index (κ1) is 17.5. The maximum atomic E-state index is 6.16. The molecule has 0 aliphatic carbocycles. The van der Waals surface area contributed by atoms with Gasteiger partial charge in [0.1, 0.15) is 0 Å². The van der Waals surface area contributed by atoms with Crippen LogP contribution >= 0.6 is 23.2 Å². The Balaban J connectivity index is 1.77. The normalized spacial score (nSPS) is 10.8. The molecule has 25 heavy (non-hydrogen) atoms. The average molecular weight is 374 g/mol. The first-order valence-corrected chi connectivity index (χ1v) is 8.56. The standard InChI is InChI=1S/C18H17Cl2N5/c1-11(2)12-6-8-13(9-7-12)22-18-24-16(10-21-25-18)23-17-14(19)4-3-5-15(17)20/h3-11H,1-2H3,(H2,22,23,24,25). The number of nitrogens with one attached hydrogen (secondary N) is 2. The van der Waals surface area contributed by atoms with Crippen LogP contribution in [0.3, 0.4) is 0 Å². The quantitative estimate of drug-likeness (QED) is 0.592. The van der Waals surface area contributed by atoms with Gasteiger partial charge in [-0.2, -0.15) is 10.1 Å². The number of rotatable bonds is 5. The average Bonchev–Trinajstić information content (AvgIpc) is 2.59. The monoisotopic (exact) mass is 373 g/mol. The Morgan fingerprint density at radius 3 is 2.24 bits per heavy atom. The van der Waals surface area contributed by atoms with Crippen LogP contribution in [0, 0.1) is 0 Å². The van der Waals surface area contributed by atoms with Gasteiger partial charge in [-0.1, -0.05) is 55.2 Å². The van der Waals surface area contributed by atoms with Gasteiger partial charge in [0.2, 0.25) is 5.95 Å². The molecule has 2 N–H and O–H groups in total. The van der Waals surface area contributed by atoms with Crippen LogP contribution in [0.15, 0.2) is 48.7 Å². The van der Waals surface area contributed by atoms with Crippen molar-refractivity contribution in [3.05, 3.63) is 64.3 Å². The van der Waals surface area contributed by atoms with Crippen LogP contribution in [-0.4, -0.2) is 15.2 Å². The van der Waals surface area contributed by atoms with Crippen molar-refractivity contribution in [2.45, 2.75) is 19.8 Å². The fourth-order valence-corrected chi connectivity index (χ4v) is 2.73. The lowest BCUT2D eigenvalue weighted by atomic mass is 10.0. The van der Waals surface area contributed by atoms with E-state index >= 15 is 0 Å². The molecule has 0 saturated carbocycles. The molecule has 3 rings (SSSR count). The fourth-order valence-electron chi connectivity index (χ4n) is 2.24. The Hall–Kier alpha value is -2.37. The van der Waals surface area contributed by atoms with Crippen molar-refractivity contribution in [1.29, 1.82) is 0 Å². The zero-order chi connectivity index (χ0) is 17.8. The number of hydrogen-bond donors (Lipinski definition) is 2. The van der Waals surface area contributed by atoms with Crippen LogP contribution in [0.25, 0.3) is 0 Å². The Kier molecular flexibility index (Phi) is 5.36. The molecule has 0 radical (unpaired) electrons. The van der Waals surface area contributed by atoms with E-state index in [0.717, 1.165) is 5.69 Å². The Labute approximate surface area is 156 Å². The Morgan fingerprint density at radius 2 is 1.60 bits per heavy atom. The minimum atomic E-state index is 0.380. The summed E-state index contributed by atoms with van der Waals surface area (Å²) in [5.74, 6) is 1.36. The third-order valence-electron chi connectivity index (χ3n) is 3.61. The number of hydrogen-bond acceptors (Lipinski definition) is 5. The Morgan fingerprint density at radius 1 is 0.920 bits per heavy atom. The first-order valence-electron chi connectivity index (χ1n) is 7.80. The summed E-state index contributed by atoms with van der Waals surface area (Å²) in [6.45, 7) is 4.31. The highest BCUT2D eigenvalue weighted by Gasteiger charge is 2.08. The Bertz CT molecular complexity index is 845. The molecule has 3 aromatic rings. The smallest absolute Gasteiger partial charge is 0.249 e. The van der Waals surface area contributed by atoms with Crippen molar-refractivity contribution in [1.82, 2.24) is 15.2 Å². The van der Waals surface area contributed by atoms with Crippen molar-refractivity contribution in [3.63, 3.8) is 0 Å². The number of halogens is 2. The van der Waals surface area contributed by atoms with Gasteiger partial charge in [-0.05, 0) is 35.7 Å². The van der Waals surface area contributed by atoms with Crippen molar-refractivity contribution < 1.29 is 0 Å². The molecular weight excluding hydrogens is 357 g/mol. The highest BCUT2D eigenvalue weighted by Crippen LogP contribution is 2.32. The summed E-state index contributed by atoms with van der Waals surface area (Å²) in [6.07, 6.45) is 1.51. The van der Waals surface area contributed by atoms with E-state index in [2.05, 4.69) is 51.8 Å². The zero-order valence-electron chi connectivity index (χ0n) is 13.8. The van der Waals surface area contributed by atoms with E-state index in [-0.39, 0.29) is 0 Å². The summed E-state index contributed by atoms with van der Waals surface area (Å²) in [6, 6.07) is 13.4. The van der Waals surface area contributed by atoms with Gasteiger partial charge in [0.05, 0.1) is 21.9 Å². The van der Waals surface area contributed by atoms with Crippen molar-refractivity contribution >= 4 is 46.3 Å². The maximum absolute atomic E-state index is 6.16. The van der Waals surface area contributed by atoms with E-state index in [1.54, 1.807) is 18.2 Å². The minimum absolute atomic E-state index is 0.380. The molecule has 0 spiro atoms. The maximum Gasteiger partial charge on any atom is 0.249 e. The summed E-state index contributed by atoms with van der Waals surface area (Å²) in [5.41, 5.74) is 2.74. The van der Waals surface area contributed by atoms with Gasteiger partial charge in [0, 0.05) is 5.69 Å². The topological polar surface area (TPSA) is 62.7 Å². The number of nitrogens with zero attached hydrogens (tertiary/aromatic N) is 3. The van der Waals surface area contributed by atoms with Crippen molar-refractivity contribution in [2.75, 3.05) is 10.6 Å². The molecule has 0 bridgehead atoms. The highest BCUT2D eigenvalue weighted by atomic mass is 35.5. The summed E-state index contributed by atoms with van der Waals surface area (Å²) < 4.78 is 0. The van der Waals surface area contributed by atoms with Crippen LogP contribution in [0.1, 0.15) is 25.3 Å². The van der Waals surface area contributed by atoms with Crippen LogP contribution in [0.2, 0.25) is 10.0 Å². The van der Waals surface area contributed by atoms with Gasteiger partial charge in [0.25, 0.3) is 0 Å². The van der Waals surface area contributed by atoms with Crippen molar-refractivity contribution in [3.8, 4) is 0 Å². The lowest BCUT2D eigenvalue weighted by Crippen LogP contribution is -2.03. The summed E-state index contributed by atoms with van der Waals surface area (Å²) in [5, 5.41) is 15.2. The lowest BCUT2D eigenvalue weighted by Gasteiger charge is -2.11. The molecule has 1 aromatic heterocycles. The predicted molar refractivity (Wildman–Crippen MR) is 103 cm³/mol. The van der Waals surface area contributed by atoms with E-state index < -0.39 is 0 Å². The van der Waals surface area contributed by atoms with E-state index in [9.17, 15) is 0 Å². The van der Waals surface area contributed by atoms with E-state index in [1.807, 2.05) is 12.1 Å². The molecule has 0 aliphatic heterocycles. The number of para-hydroxylation sites is 1. The molecular formula is C18H17Cl2N5. The number of aromatic nitrogens is 3. The van der Waals surface area contributed by atoms with Gasteiger partial charge in [-0.3, -0.25) is 0 Å². The minimum Gasteiger partial charge on any atom is -0.336 e. The summed E-state index contributed by atoms with van der Waals surface area (Å²) >= 11 is 12.3. The predicted octanol–water partition coefficient (Wildman–Crippen LogP) is 5.79. The highest BCUT2D eigenvalue weighted by molar-refractivity contribution is 6.39. The van der Waals surface area contributed by atoms with Crippen LogP contribution < -0.4 is 10.6 Å². The SMILES string of the molecule is CC(C)c1ccc(Nc2nncc(Nc3c(Cl)cccc3Cl)n2)cc1. The van der Waals surface area contributed by atoms with Gasteiger partial charge >= 0.3 is 0 Å². The molecule has 0 unspecified atom stereocenters. The van der Waals surface area contributed by atoms with E-state index in [1.165, 1.54) is 11.8 Å². The van der Waals surface area contributed by atoms with E-state index in [4.69, 9.17) is 23.2 Å². The molecule has 7 heteroatoms. The van der Waals surface area contributed by atoms with E-state index in [0.29, 0.717) is 33.4 Å². The second-order valence-electron chi connectivity index (χ2n) is 5.79. The number of benzene rings is 2. The van der Waals surface area contributed by atoms with Crippen LogP contribution in [0.5, 0.6) is 0 Å². The van der Waals surface area contributed by atoms with Gasteiger partial charge in [0.15, 0.2) is 5.82 Å². The van der Waals surface area contributed by atoms with Crippen LogP contribution in [-0.2, 0) is 0 Å². The summed E-state index contributed by atoms with van der Waals surface area (Å²) in [7, 11) is 0. The summed E-state index contributed by atoms with van der Waals surface area (Å²) in [4.78, 5) is 4.39. The molecule has 0 fully saturated rings. The molecule has 0 amide bonds. The van der Waals surface area contributed by atoms with Gasteiger partial charge in [-0.15, -0.1) is 5.10 Å². The molecule has 0 aliphatic rings. The third-order valence-corrected chi connectivity index (χ3v) is 4.24. The molecule has 1 heterocycles. The molecule has 0 atom stereocenters. The third kappa shape index (κ3) is 4.38. The lowest BCUT2D eigenvalue weighted by molar-refractivity contribution is 0.867. The van der Waals surface area contributed by atoms with Gasteiger partial charge in [-0.25, -0.2) is 0 Å². The molecule has 128 valence electrons. The fraction of sp³-hybridized carbons (Fsp3) is 0.167. The second-order valence-corrected chi connectivity index (χ2v) is 6.60. The first-order chi connectivity index (χ1) is 12.0. The largest absolute Gasteiger partial charge is 0.336 e. The number of anilines is 4. The molecule has 2 aromatic carbocycles. The molecule has 5 nitrogen and oxygen atoms in total. The zero-order valence-corrected chi connectivity index (χ0v) is 15.3.